The first-order valence-electron chi connectivity index (χ1n) is 6.44. The van der Waals surface area contributed by atoms with Crippen molar-refractivity contribution in [3.8, 4) is 0 Å². The maximum absolute atomic E-state index is 12.1. The molecule has 1 fully saturated rings. The molecule has 1 aromatic carbocycles. The van der Waals surface area contributed by atoms with Gasteiger partial charge in [0.25, 0.3) is 0 Å². The van der Waals surface area contributed by atoms with E-state index >= 15 is 0 Å². The molecule has 0 radical (unpaired) electrons. The number of rotatable bonds is 4. The normalized spacial score (nSPS) is 19.2. The van der Waals surface area contributed by atoms with Crippen molar-refractivity contribution >= 4 is 23.4 Å². The van der Waals surface area contributed by atoms with Crippen LogP contribution in [0, 0.1) is 5.92 Å². The number of thioether (sulfide) groups is 1. The minimum absolute atomic E-state index is 0.113. The molecule has 18 heavy (non-hydrogen) atoms. The lowest BCUT2D eigenvalue weighted by Crippen LogP contribution is -2.24. The first-order chi connectivity index (χ1) is 8.66. The molecular formula is C14H20N2OS. The second-order valence-corrected chi connectivity index (χ2v) is 6.46. The van der Waals surface area contributed by atoms with E-state index in [9.17, 15) is 4.79 Å². The lowest BCUT2D eigenvalue weighted by molar-refractivity contribution is -0.119. The fourth-order valence-electron chi connectivity index (χ4n) is 2.04. The summed E-state index contributed by atoms with van der Waals surface area (Å²) in [6.07, 6.45) is 0.936. The molecule has 2 N–H and O–H groups in total. The summed E-state index contributed by atoms with van der Waals surface area (Å²) < 4.78 is 0. The molecule has 1 saturated heterocycles. The molecule has 3 nitrogen and oxygen atoms in total. The predicted octanol–water partition coefficient (Wildman–Crippen LogP) is 2.74. The van der Waals surface area contributed by atoms with Crippen molar-refractivity contribution in [2.45, 2.75) is 30.4 Å². The van der Waals surface area contributed by atoms with Crippen LogP contribution in [0.4, 0.5) is 5.69 Å². The molecule has 1 aliphatic heterocycles. The Kier molecular flexibility index (Phi) is 4.66. The second kappa shape index (κ2) is 6.25. The molecule has 1 heterocycles. The summed E-state index contributed by atoms with van der Waals surface area (Å²) in [5.41, 5.74) is 0.938. The number of nitrogens with one attached hydrogen (secondary N) is 2. The van der Waals surface area contributed by atoms with Gasteiger partial charge in [0.2, 0.25) is 5.91 Å². The maximum atomic E-state index is 12.1. The molecule has 0 aromatic heterocycles. The van der Waals surface area contributed by atoms with Crippen LogP contribution in [-0.2, 0) is 4.79 Å². The van der Waals surface area contributed by atoms with Gasteiger partial charge in [0.15, 0.2) is 0 Å². The van der Waals surface area contributed by atoms with Crippen molar-refractivity contribution in [3.63, 3.8) is 0 Å². The monoisotopic (exact) mass is 264 g/mol. The molecule has 1 aliphatic rings. The molecule has 0 bridgehead atoms. The minimum atomic E-state index is 0.113. The van der Waals surface area contributed by atoms with Crippen molar-refractivity contribution < 1.29 is 4.79 Å². The topological polar surface area (TPSA) is 41.1 Å². The van der Waals surface area contributed by atoms with Gasteiger partial charge in [-0.25, -0.2) is 0 Å². The maximum Gasteiger partial charge on any atom is 0.228 e. The highest BCUT2D eigenvalue weighted by molar-refractivity contribution is 8.00. The van der Waals surface area contributed by atoms with E-state index in [1.807, 2.05) is 18.2 Å². The van der Waals surface area contributed by atoms with Crippen LogP contribution in [0.15, 0.2) is 29.2 Å². The number of hydrogen-bond acceptors (Lipinski definition) is 3. The van der Waals surface area contributed by atoms with E-state index in [-0.39, 0.29) is 11.8 Å². The second-order valence-electron chi connectivity index (χ2n) is 4.84. The van der Waals surface area contributed by atoms with E-state index in [4.69, 9.17) is 0 Å². The van der Waals surface area contributed by atoms with E-state index in [0.717, 1.165) is 30.1 Å². The molecule has 0 spiro atoms. The van der Waals surface area contributed by atoms with Gasteiger partial charge in [-0.05, 0) is 25.1 Å². The van der Waals surface area contributed by atoms with Gasteiger partial charge < -0.3 is 10.6 Å². The van der Waals surface area contributed by atoms with Gasteiger partial charge in [0, 0.05) is 16.7 Å². The van der Waals surface area contributed by atoms with Crippen LogP contribution in [0.25, 0.3) is 0 Å². The van der Waals surface area contributed by atoms with Gasteiger partial charge in [0.05, 0.1) is 11.6 Å². The fourth-order valence-corrected chi connectivity index (χ4v) is 2.95. The van der Waals surface area contributed by atoms with E-state index in [1.54, 1.807) is 11.8 Å². The predicted molar refractivity (Wildman–Crippen MR) is 77.0 cm³/mol. The molecule has 4 heteroatoms. The number of carbonyl (C=O) groups is 1. The third kappa shape index (κ3) is 3.50. The zero-order valence-corrected chi connectivity index (χ0v) is 11.7. The molecule has 98 valence electrons. The first-order valence-corrected chi connectivity index (χ1v) is 7.32. The Labute approximate surface area is 113 Å². The van der Waals surface area contributed by atoms with Crippen LogP contribution in [-0.4, -0.2) is 24.2 Å². The van der Waals surface area contributed by atoms with Crippen LogP contribution >= 0.6 is 11.8 Å². The highest BCUT2D eigenvalue weighted by Gasteiger charge is 2.22. The highest BCUT2D eigenvalue weighted by atomic mass is 32.2. The van der Waals surface area contributed by atoms with Crippen LogP contribution < -0.4 is 10.6 Å². The third-order valence-corrected chi connectivity index (χ3v) is 4.02. The van der Waals surface area contributed by atoms with Crippen molar-refractivity contribution in [1.29, 1.82) is 0 Å². The van der Waals surface area contributed by atoms with Gasteiger partial charge in [0.1, 0.15) is 0 Å². The first kappa shape index (κ1) is 13.4. The largest absolute Gasteiger partial charge is 0.325 e. The van der Waals surface area contributed by atoms with Crippen LogP contribution in [0.5, 0.6) is 0 Å². The SMILES string of the molecule is CC(C)Sc1ccccc1NC(=O)C1CCNC1. The van der Waals surface area contributed by atoms with Crippen molar-refractivity contribution in [1.82, 2.24) is 5.32 Å². The van der Waals surface area contributed by atoms with E-state index in [1.165, 1.54) is 0 Å². The number of carbonyl (C=O) groups excluding carboxylic acids is 1. The van der Waals surface area contributed by atoms with Gasteiger partial charge >= 0.3 is 0 Å². The number of benzene rings is 1. The summed E-state index contributed by atoms with van der Waals surface area (Å²) in [5.74, 6) is 0.249. The van der Waals surface area contributed by atoms with Gasteiger partial charge in [-0.15, -0.1) is 11.8 Å². The summed E-state index contributed by atoms with van der Waals surface area (Å²) >= 11 is 1.78. The zero-order chi connectivity index (χ0) is 13.0. The molecule has 0 saturated carbocycles. The van der Waals surface area contributed by atoms with Crippen LogP contribution in [0.2, 0.25) is 0 Å². The summed E-state index contributed by atoms with van der Waals surface area (Å²) in [4.78, 5) is 13.2. The van der Waals surface area contributed by atoms with Gasteiger partial charge in [-0.2, -0.15) is 0 Å². The molecule has 1 atom stereocenters. The number of amides is 1. The molecular weight excluding hydrogens is 244 g/mol. The molecule has 2 rings (SSSR count). The van der Waals surface area contributed by atoms with Crippen LogP contribution in [0.3, 0.4) is 0 Å². The molecule has 1 unspecified atom stereocenters. The van der Waals surface area contributed by atoms with Crippen molar-refractivity contribution in [2.24, 2.45) is 5.92 Å². The number of anilines is 1. The molecule has 1 amide bonds. The van der Waals surface area contributed by atoms with E-state index < -0.39 is 0 Å². The minimum Gasteiger partial charge on any atom is -0.325 e. The van der Waals surface area contributed by atoms with E-state index in [0.29, 0.717) is 5.25 Å². The highest BCUT2D eigenvalue weighted by Crippen LogP contribution is 2.30. The summed E-state index contributed by atoms with van der Waals surface area (Å²) in [6, 6.07) is 8.02. The van der Waals surface area contributed by atoms with Crippen molar-refractivity contribution in [2.75, 3.05) is 18.4 Å². The number of hydrogen-bond donors (Lipinski definition) is 2. The average Bonchev–Trinajstić information content (AvgIpc) is 2.84. The van der Waals surface area contributed by atoms with E-state index in [2.05, 4.69) is 30.5 Å². The Balaban J connectivity index is 2.05. The summed E-state index contributed by atoms with van der Waals surface area (Å²) in [6.45, 7) is 6.06. The Hall–Kier alpha value is -1.00. The average molecular weight is 264 g/mol. The molecule has 1 aromatic rings. The standard InChI is InChI=1S/C14H20N2OS/c1-10(2)18-13-6-4-3-5-12(13)16-14(17)11-7-8-15-9-11/h3-6,10-11,15H,7-9H2,1-2H3,(H,16,17). The Bertz CT molecular complexity index is 414. The lowest BCUT2D eigenvalue weighted by atomic mass is 10.1. The lowest BCUT2D eigenvalue weighted by Gasteiger charge is -2.14. The van der Waals surface area contributed by atoms with Crippen molar-refractivity contribution in [3.05, 3.63) is 24.3 Å². The quantitative estimate of drug-likeness (QED) is 0.822. The Morgan fingerprint density at radius 2 is 2.22 bits per heavy atom. The fraction of sp³-hybridized carbons (Fsp3) is 0.500. The smallest absolute Gasteiger partial charge is 0.228 e. The molecule has 0 aliphatic carbocycles. The Morgan fingerprint density at radius 1 is 1.44 bits per heavy atom. The van der Waals surface area contributed by atoms with Crippen LogP contribution in [0.1, 0.15) is 20.3 Å². The van der Waals surface area contributed by atoms with Gasteiger partial charge in [-0.3, -0.25) is 4.79 Å². The summed E-state index contributed by atoms with van der Waals surface area (Å²) in [7, 11) is 0. The van der Waals surface area contributed by atoms with Gasteiger partial charge in [-0.1, -0.05) is 26.0 Å². The third-order valence-electron chi connectivity index (χ3n) is 2.94. The number of para-hydroxylation sites is 1. The zero-order valence-electron chi connectivity index (χ0n) is 10.9. The Morgan fingerprint density at radius 3 is 2.89 bits per heavy atom. The summed E-state index contributed by atoms with van der Waals surface area (Å²) in [5, 5.41) is 6.79.